The molecule has 3 aliphatic rings. The molecule has 0 N–H and O–H groups in total. The minimum absolute atomic E-state index is 0.0969. The van der Waals surface area contributed by atoms with Crippen molar-refractivity contribution in [1.29, 1.82) is 0 Å². The van der Waals surface area contributed by atoms with E-state index in [9.17, 15) is 4.79 Å². The van der Waals surface area contributed by atoms with Crippen molar-refractivity contribution in [3.63, 3.8) is 0 Å². The lowest BCUT2D eigenvalue weighted by molar-refractivity contribution is 0.0726. The number of pyridine rings is 2. The number of rotatable bonds is 3. The van der Waals surface area contributed by atoms with Crippen LogP contribution in [0.1, 0.15) is 61.7 Å². The number of likely N-dealkylation sites (tertiary alicyclic amines) is 1. The Morgan fingerprint density at radius 3 is 2.34 bits per heavy atom. The number of hydrogen-bond acceptors (Lipinski definition) is 4. The summed E-state index contributed by atoms with van der Waals surface area (Å²) in [6.07, 6.45) is 13.9. The van der Waals surface area contributed by atoms with Crippen LogP contribution in [0.4, 0.5) is 5.82 Å². The Hall–Kier alpha value is -2.89. The van der Waals surface area contributed by atoms with Crippen molar-refractivity contribution >= 4 is 17.2 Å². The normalized spacial score (nSPS) is 20.5. The molecule has 0 atom stereocenters. The summed E-state index contributed by atoms with van der Waals surface area (Å²) in [6.45, 7) is 3.92. The van der Waals surface area contributed by atoms with Crippen molar-refractivity contribution in [2.45, 2.75) is 51.4 Å². The van der Waals surface area contributed by atoms with Crippen LogP contribution in [0.3, 0.4) is 0 Å². The van der Waals surface area contributed by atoms with Crippen LogP contribution < -0.4 is 4.90 Å². The fourth-order valence-corrected chi connectivity index (χ4v) is 5.77. The van der Waals surface area contributed by atoms with Crippen molar-refractivity contribution in [3.8, 4) is 11.3 Å². The SMILES string of the molecule is O=C(c1cnn2c(-c3ccc(N4CCC5(CCC5)CC4)nc3)cccc12)N1CCCCC1. The van der Waals surface area contributed by atoms with Gasteiger partial charge in [0.2, 0.25) is 0 Å². The van der Waals surface area contributed by atoms with E-state index < -0.39 is 0 Å². The van der Waals surface area contributed by atoms with Crippen molar-refractivity contribution in [2.75, 3.05) is 31.1 Å². The van der Waals surface area contributed by atoms with E-state index in [1.807, 2.05) is 33.8 Å². The smallest absolute Gasteiger partial charge is 0.257 e. The van der Waals surface area contributed by atoms with Crippen LogP contribution in [0, 0.1) is 5.41 Å². The first-order valence-electron chi connectivity index (χ1n) is 12.2. The van der Waals surface area contributed by atoms with E-state index in [2.05, 4.69) is 22.1 Å². The van der Waals surface area contributed by atoms with E-state index >= 15 is 0 Å². The fourth-order valence-electron chi connectivity index (χ4n) is 5.77. The average molecular weight is 430 g/mol. The zero-order valence-corrected chi connectivity index (χ0v) is 18.7. The lowest BCUT2D eigenvalue weighted by Crippen LogP contribution is -2.43. The third-order valence-corrected chi connectivity index (χ3v) is 8.02. The third-order valence-electron chi connectivity index (χ3n) is 8.02. The molecule has 5 heterocycles. The third kappa shape index (κ3) is 3.37. The second-order valence-corrected chi connectivity index (χ2v) is 9.86. The summed E-state index contributed by atoms with van der Waals surface area (Å²) < 4.78 is 1.88. The number of anilines is 1. The monoisotopic (exact) mass is 429 g/mol. The van der Waals surface area contributed by atoms with Gasteiger partial charge in [-0.05, 0) is 74.6 Å². The van der Waals surface area contributed by atoms with Gasteiger partial charge in [0.05, 0.1) is 23.0 Å². The molecule has 1 spiro atoms. The van der Waals surface area contributed by atoms with Gasteiger partial charge in [-0.1, -0.05) is 12.5 Å². The maximum absolute atomic E-state index is 13.1. The van der Waals surface area contributed by atoms with Gasteiger partial charge in [0.1, 0.15) is 5.82 Å². The van der Waals surface area contributed by atoms with E-state index in [-0.39, 0.29) is 5.91 Å². The summed E-state index contributed by atoms with van der Waals surface area (Å²) in [6, 6.07) is 10.3. The predicted octanol–water partition coefficient (Wildman–Crippen LogP) is 4.79. The van der Waals surface area contributed by atoms with Crippen LogP contribution in [0.2, 0.25) is 0 Å². The molecule has 32 heavy (non-hydrogen) atoms. The number of fused-ring (bicyclic) bond motifs is 1. The van der Waals surface area contributed by atoms with Crippen LogP contribution in [0.5, 0.6) is 0 Å². The highest BCUT2D eigenvalue weighted by atomic mass is 16.2. The maximum atomic E-state index is 13.1. The van der Waals surface area contributed by atoms with E-state index in [0.29, 0.717) is 11.0 Å². The molecule has 2 saturated heterocycles. The number of hydrogen-bond donors (Lipinski definition) is 0. The number of carbonyl (C=O) groups excluding carboxylic acids is 1. The lowest BCUT2D eigenvalue weighted by Gasteiger charge is -2.48. The molecule has 2 aliphatic heterocycles. The summed E-state index contributed by atoms with van der Waals surface area (Å²) >= 11 is 0. The molecule has 0 bridgehead atoms. The van der Waals surface area contributed by atoms with Crippen LogP contribution in [0.25, 0.3) is 16.8 Å². The van der Waals surface area contributed by atoms with Crippen molar-refractivity contribution in [3.05, 3.63) is 48.3 Å². The van der Waals surface area contributed by atoms with E-state index in [1.54, 1.807) is 6.20 Å². The second-order valence-electron chi connectivity index (χ2n) is 9.86. The second kappa shape index (κ2) is 7.91. The Balaban J connectivity index is 1.24. The Labute approximate surface area is 189 Å². The number of piperidine rings is 2. The van der Waals surface area contributed by atoms with Crippen LogP contribution in [-0.2, 0) is 0 Å². The summed E-state index contributed by atoms with van der Waals surface area (Å²) in [4.78, 5) is 22.3. The van der Waals surface area contributed by atoms with Gasteiger partial charge in [-0.3, -0.25) is 4.79 Å². The van der Waals surface area contributed by atoms with Gasteiger partial charge in [0.15, 0.2) is 0 Å². The van der Waals surface area contributed by atoms with Gasteiger partial charge >= 0.3 is 0 Å². The number of nitrogens with zero attached hydrogens (tertiary/aromatic N) is 5. The number of amides is 1. The molecule has 3 aromatic rings. The topological polar surface area (TPSA) is 53.7 Å². The zero-order valence-electron chi connectivity index (χ0n) is 18.7. The molecule has 1 amide bonds. The summed E-state index contributed by atoms with van der Waals surface area (Å²) in [5.74, 6) is 1.16. The molecule has 6 rings (SSSR count). The van der Waals surface area contributed by atoms with Crippen LogP contribution in [-0.4, -0.2) is 51.6 Å². The highest BCUT2D eigenvalue weighted by molar-refractivity contribution is 6.01. The van der Waals surface area contributed by atoms with Crippen LogP contribution >= 0.6 is 0 Å². The Morgan fingerprint density at radius 1 is 0.844 bits per heavy atom. The van der Waals surface area contributed by atoms with Gasteiger partial charge in [0.25, 0.3) is 5.91 Å². The molecule has 1 saturated carbocycles. The molecule has 0 aromatic carbocycles. The zero-order chi connectivity index (χ0) is 21.5. The Bertz CT molecular complexity index is 1110. The van der Waals surface area contributed by atoms with E-state index in [1.165, 1.54) is 38.5 Å². The predicted molar refractivity (Wildman–Crippen MR) is 126 cm³/mol. The molecular formula is C26H31N5O. The average Bonchev–Trinajstić information content (AvgIpc) is 3.28. The van der Waals surface area contributed by atoms with E-state index in [4.69, 9.17) is 4.98 Å². The molecule has 3 aromatic heterocycles. The Kier molecular flexibility index (Phi) is 4.89. The highest BCUT2D eigenvalue weighted by Gasteiger charge is 2.39. The first-order chi connectivity index (χ1) is 15.7. The van der Waals surface area contributed by atoms with Gasteiger partial charge in [-0.15, -0.1) is 0 Å². The number of aromatic nitrogens is 3. The standard InChI is InChI=1S/C26H31N5O/c32-25(30-14-2-1-3-15-30)21-19-28-31-22(6-4-7-23(21)31)20-8-9-24(27-18-20)29-16-12-26(13-17-29)10-5-11-26/h4,6-9,18-19H,1-3,5,10-17H2. The lowest BCUT2D eigenvalue weighted by atomic mass is 9.63. The van der Waals surface area contributed by atoms with Gasteiger partial charge < -0.3 is 9.80 Å². The van der Waals surface area contributed by atoms with E-state index in [0.717, 1.165) is 61.6 Å². The first kappa shape index (κ1) is 19.8. The molecule has 6 nitrogen and oxygen atoms in total. The number of carbonyl (C=O) groups is 1. The summed E-state index contributed by atoms with van der Waals surface area (Å²) in [5.41, 5.74) is 4.19. The first-order valence-corrected chi connectivity index (χ1v) is 12.2. The van der Waals surface area contributed by atoms with Crippen molar-refractivity contribution in [1.82, 2.24) is 19.5 Å². The van der Waals surface area contributed by atoms with Crippen molar-refractivity contribution < 1.29 is 4.79 Å². The molecule has 166 valence electrons. The van der Waals surface area contributed by atoms with Gasteiger partial charge in [-0.25, -0.2) is 9.50 Å². The maximum Gasteiger partial charge on any atom is 0.257 e. The largest absolute Gasteiger partial charge is 0.357 e. The Morgan fingerprint density at radius 2 is 1.66 bits per heavy atom. The molecule has 6 heteroatoms. The fraction of sp³-hybridized carbons (Fsp3) is 0.500. The highest BCUT2D eigenvalue weighted by Crippen LogP contribution is 2.49. The quantitative estimate of drug-likeness (QED) is 0.601. The summed E-state index contributed by atoms with van der Waals surface area (Å²) in [5, 5.41) is 4.59. The van der Waals surface area contributed by atoms with Crippen LogP contribution in [0.15, 0.2) is 42.7 Å². The van der Waals surface area contributed by atoms with Gasteiger partial charge in [-0.2, -0.15) is 5.10 Å². The minimum Gasteiger partial charge on any atom is -0.357 e. The molecule has 3 fully saturated rings. The molecule has 0 unspecified atom stereocenters. The summed E-state index contributed by atoms with van der Waals surface area (Å²) in [7, 11) is 0. The molecule has 1 aliphatic carbocycles. The minimum atomic E-state index is 0.0969. The molecular weight excluding hydrogens is 398 g/mol. The van der Waals surface area contributed by atoms with Crippen molar-refractivity contribution in [2.24, 2.45) is 5.41 Å². The molecule has 0 radical (unpaired) electrons. The van der Waals surface area contributed by atoms with Gasteiger partial charge in [0, 0.05) is 37.9 Å².